The van der Waals surface area contributed by atoms with E-state index < -0.39 is 71.0 Å². The summed E-state index contributed by atoms with van der Waals surface area (Å²) in [6.45, 7) is 3.42. The number of likely N-dealkylation sites (N-methyl/N-ethyl adjacent to an activating group) is 1. The SMILES string of the molecule is CCCCCCCCc1ccc(C(=O)N[C@@H](CCN)C(=O)N(C)[C@@H]2C(=O)N[C@@H](C)C(=O)N[C@H](C(=O)NCC#N)Cc3ccc(OCCN)c(c3)-c3cc2ccc3OCCN)c(C(F)(F)F)c1. The fourth-order valence-electron chi connectivity index (χ4n) is 7.65. The number of nitriles is 1. The summed E-state index contributed by atoms with van der Waals surface area (Å²) in [5.74, 6) is -3.73. The van der Waals surface area contributed by atoms with Gasteiger partial charge < -0.3 is 52.8 Å². The van der Waals surface area contributed by atoms with Crippen LogP contribution in [0, 0.1) is 11.3 Å². The third-order valence-electron chi connectivity index (χ3n) is 11.1. The van der Waals surface area contributed by atoms with Gasteiger partial charge in [0.1, 0.15) is 55.4 Å². The number of hydrogen-bond donors (Lipinski definition) is 7. The predicted octanol–water partition coefficient (Wildman–Crippen LogP) is 3.78. The van der Waals surface area contributed by atoms with Gasteiger partial charge in [-0.25, -0.2) is 0 Å². The summed E-state index contributed by atoms with van der Waals surface area (Å²) in [5.41, 5.74) is 17.6. The largest absolute Gasteiger partial charge is 0.492 e. The molecule has 0 unspecified atom stereocenters. The van der Waals surface area contributed by atoms with E-state index >= 15 is 0 Å². The topological polar surface area (TPSA) is 257 Å². The van der Waals surface area contributed by atoms with Crippen molar-refractivity contribution in [2.24, 2.45) is 17.2 Å². The molecule has 10 N–H and O–H groups in total. The number of alkyl halides is 3. The fourth-order valence-corrected chi connectivity index (χ4v) is 7.65. The molecule has 1 heterocycles. The average molecular weight is 922 g/mol. The highest BCUT2D eigenvalue weighted by Gasteiger charge is 2.39. The zero-order chi connectivity index (χ0) is 48.4. The summed E-state index contributed by atoms with van der Waals surface area (Å²) in [6.07, 6.45) is 0.964. The zero-order valence-electron chi connectivity index (χ0n) is 37.7. The van der Waals surface area contributed by atoms with Gasteiger partial charge >= 0.3 is 6.18 Å². The van der Waals surface area contributed by atoms with Crippen LogP contribution in [0.15, 0.2) is 54.6 Å². The first kappa shape index (κ1) is 52.4. The Balaban J connectivity index is 1.80. The molecule has 5 amide bonds. The number of halogens is 3. The van der Waals surface area contributed by atoms with Crippen LogP contribution in [-0.2, 0) is 38.2 Å². The zero-order valence-corrected chi connectivity index (χ0v) is 37.7. The molecule has 0 saturated heterocycles. The fraction of sp³-hybridized carbons (Fsp3) is 0.489. The van der Waals surface area contributed by atoms with Crippen LogP contribution in [-0.4, -0.2) is 99.0 Å². The van der Waals surface area contributed by atoms with Gasteiger partial charge in [-0.2, -0.15) is 18.4 Å². The molecule has 1 aliphatic rings. The van der Waals surface area contributed by atoms with E-state index in [0.717, 1.165) is 49.1 Å². The monoisotopic (exact) mass is 921 g/mol. The number of nitrogens with two attached hydrogens (primary N) is 3. The second-order valence-electron chi connectivity index (χ2n) is 16.1. The van der Waals surface area contributed by atoms with Crippen molar-refractivity contribution in [3.05, 3.63) is 82.4 Å². The third kappa shape index (κ3) is 14.4. The summed E-state index contributed by atoms with van der Waals surface area (Å²) < 4.78 is 55.7. The first-order chi connectivity index (χ1) is 31.6. The van der Waals surface area contributed by atoms with Gasteiger partial charge in [0, 0.05) is 37.7 Å². The van der Waals surface area contributed by atoms with Crippen molar-refractivity contribution < 1.29 is 46.6 Å². The molecule has 0 aliphatic carbocycles. The molecule has 3 aromatic rings. The summed E-state index contributed by atoms with van der Waals surface area (Å²) in [6, 6.07) is 9.52. The number of nitrogens with zero attached hydrogens (tertiary/aromatic N) is 2. The van der Waals surface area contributed by atoms with Crippen LogP contribution in [0.1, 0.15) is 97.4 Å². The van der Waals surface area contributed by atoms with E-state index in [1.165, 1.54) is 26.1 Å². The molecule has 0 fully saturated rings. The first-order valence-corrected chi connectivity index (χ1v) is 22.2. The van der Waals surface area contributed by atoms with Crippen LogP contribution in [0.5, 0.6) is 11.5 Å². The van der Waals surface area contributed by atoms with E-state index in [0.29, 0.717) is 46.6 Å². The standard InChI is InChI=1S/C47H62F3N9O7/c1-4-5-6-7-8-9-10-30-11-14-33(36(26-30)47(48,49)50)43(61)57-37(17-18-51)46(64)59(3)41-32-13-16-40(66-24-21-54)35(28-32)34-25-31(12-15-39(34)65-23-20-53)27-38(44(62)55-22-19-52)58-42(60)29(2)56-45(41)63/h11-16,25-26,28-29,37-38,41H,4-10,17-18,20-24,27,51,53-54H2,1-3H3,(H,55,62)(H,56,63)(H,57,61)(H,58,60)/t29-,37-,38-,41-/m0/s1. The van der Waals surface area contributed by atoms with Gasteiger partial charge in [0.2, 0.25) is 23.6 Å². The molecule has 358 valence electrons. The number of rotatable bonds is 21. The Hall–Kier alpha value is -6.23. The molecule has 66 heavy (non-hydrogen) atoms. The summed E-state index contributed by atoms with van der Waals surface area (Å²) in [5, 5.41) is 19.3. The number of aryl methyl sites for hydroxylation is 1. The van der Waals surface area contributed by atoms with Crippen molar-refractivity contribution in [2.75, 3.05) is 46.4 Å². The minimum atomic E-state index is -4.90. The molecule has 0 spiro atoms. The van der Waals surface area contributed by atoms with E-state index in [4.69, 9.17) is 31.9 Å². The lowest BCUT2D eigenvalue weighted by atomic mass is 9.93. The maximum absolute atomic E-state index is 14.6. The van der Waals surface area contributed by atoms with Gasteiger partial charge in [0.05, 0.1) is 17.2 Å². The van der Waals surface area contributed by atoms with Crippen LogP contribution < -0.4 is 47.9 Å². The summed E-state index contributed by atoms with van der Waals surface area (Å²) in [7, 11) is 1.28. The lowest BCUT2D eigenvalue weighted by Gasteiger charge is -2.32. The quantitative estimate of drug-likeness (QED) is 0.0598. The van der Waals surface area contributed by atoms with E-state index in [-0.39, 0.29) is 57.8 Å². The molecular formula is C47H62F3N9O7. The predicted molar refractivity (Wildman–Crippen MR) is 242 cm³/mol. The van der Waals surface area contributed by atoms with Crippen molar-refractivity contribution in [3.8, 4) is 28.7 Å². The minimum Gasteiger partial charge on any atom is -0.492 e. The third-order valence-corrected chi connectivity index (χ3v) is 11.1. The lowest BCUT2D eigenvalue weighted by Crippen LogP contribution is -2.56. The van der Waals surface area contributed by atoms with Crippen LogP contribution in [0.3, 0.4) is 0 Å². The number of ether oxygens (including phenoxy) is 2. The van der Waals surface area contributed by atoms with Crippen LogP contribution >= 0.6 is 0 Å². The average Bonchev–Trinajstić information content (AvgIpc) is 3.29. The molecule has 4 atom stereocenters. The molecule has 0 radical (unpaired) electrons. The van der Waals surface area contributed by atoms with Crippen molar-refractivity contribution in [3.63, 3.8) is 0 Å². The van der Waals surface area contributed by atoms with E-state index in [1.54, 1.807) is 30.3 Å². The molecule has 16 nitrogen and oxygen atoms in total. The Kier molecular flexibility index (Phi) is 20.2. The molecule has 0 aromatic heterocycles. The van der Waals surface area contributed by atoms with E-state index in [2.05, 4.69) is 28.2 Å². The van der Waals surface area contributed by atoms with Crippen LogP contribution in [0.25, 0.3) is 11.1 Å². The Morgan fingerprint density at radius 3 is 2.17 bits per heavy atom. The maximum atomic E-state index is 14.6. The van der Waals surface area contributed by atoms with E-state index in [1.807, 2.05) is 6.07 Å². The Morgan fingerprint density at radius 2 is 1.53 bits per heavy atom. The number of carbonyl (C=O) groups excluding carboxylic acids is 5. The number of carbonyl (C=O) groups is 5. The smallest absolute Gasteiger partial charge is 0.417 e. The van der Waals surface area contributed by atoms with Gasteiger partial charge in [-0.1, -0.05) is 57.2 Å². The molecule has 4 rings (SSSR count). The highest BCUT2D eigenvalue weighted by atomic mass is 19.4. The Labute approximate surface area is 383 Å². The number of benzene rings is 3. The van der Waals surface area contributed by atoms with Gasteiger partial charge in [0.15, 0.2) is 0 Å². The molecule has 0 saturated carbocycles. The van der Waals surface area contributed by atoms with Crippen molar-refractivity contribution in [1.82, 2.24) is 26.2 Å². The second-order valence-corrected chi connectivity index (χ2v) is 16.1. The maximum Gasteiger partial charge on any atom is 0.417 e. The van der Waals surface area contributed by atoms with Crippen molar-refractivity contribution >= 4 is 29.5 Å². The van der Waals surface area contributed by atoms with Crippen molar-refractivity contribution in [2.45, 2.75) is 102 Å². The van der Waals surface area contributed by atoms with E-state index in [9.17, 15) is 37.1 Å². The minimum absolute atomic E-state index is 0.0472. The summed E-state index contributed by atoms with van der Waals surface area (Å²) in [4.78, 5) is 70.9. The number of amides is 5. The Bertz CT molecular complexity index is 2200. The highest BCUT2D eigenvalue weighted by Crippen LogP contribution is 2.40. The number of unbranched alkanes of at least 4 members (excludes halogenated alkanes) is 5. The molecule has 3 aromatic carbocycles. The van der Waals surface area contributed by atoms with Crippen LogP contribution in [0.4, 0.5) is 13.2 Å². The first-order valence-electron chi connectivity index (χ1n) is 22.2. The summed E-state index contributed by atoms with van der Waals surface area (Å²) >= 11 is 0. The lowest BCUT2D eigenvalue weighted by molar-refractivity contribution is -0.141. The van der Waals surface area contributed by atoms with Gasteiger partial charge in [0.25, 0.3) is 5.91 Å². The molecule has 19 heteroatoms. The highest BCUT2D eigenvalue weighted by molar-refractivity contribution is 6.00. The number of nitrogens with one attached hydrogen (secondary N) is 4. The Morgan fingerprint density at radius 1 is 0.879 bits per heavy atom. The van der Waals surface area contributed by atoms with Gasteiger partial charge in [-0.05, 0) is 85.8 Å². The molecule has 1 aliphatic heterocycles. The number of fused-ring (bicyclic) bond motifs is 5. The van der Waals surface area contributed by atoms with Gasteiger partial charge in [-0.3, -0.25) is 24.0 Å². The molecule has 4 bridgehead atoms. The van der Waals surface area contributed by atoms with Gasteiger partial charge in [-0.15, -0.1) is 0 Å². The van der Waals surface area contributed by atoms with Crippen LogP contribution in [0.2, 0.25) is 0 Å². The number of hydrogen-bond acceptors (Lipinski definition) is 11. The normalized spacial score (nSPS) is 16.7. The second kappa shape index (κ2) is 25.5. The molecular weight excluding hydrogens is 860 g/mol. The van der Waals surface area contributed by atoms with Crippen molar-refractivity contribution in [1.29, 1.82) is 5.26 Å².